The summed E-state index contributed by atoms with van der Waals surface area (Å²) in [6.07, 6.45) is 7.69. The molecule has 1 fully saturated rings. The van der Waals surface area contributed by atoms with E-state index in [1.807, 2.05) is 6.92 Å². The number of nitrogens with zero attached hydrogens (tertiary/aromatic N) is 6. The van der Waals surface area contributed by atoms with Crippen molar-refractivity contribution in [3.63, 3.8) is 0 Å². The Morgan fingerprint density at radius 3 is 2.87 bits per heavy atom. The number of hydrogen-bond acceptors (Lipinski definition) is 9. The van der Waals surface area contributed by atoms with Gasteiger partial charge in [-0.15, -0.1) is 11.3 Å². The number of aromatic nitrogens is 6. The van der Waals surface area contributed by atoms with Gasteiger partial charge in [0.2, 0.25) is 0 Å². The second-order valence-corrected chi connectivity index (χ2v) is 10.5. The molecular formula is C22H23FN7O6PS. The molecule has 5 rings (SSSR count). The molecule has 0 saturated heterocycles. The number of anilines is 1. The lowest BCUT2D eigenvalue weighted by atomic mass is 9.89. The van der Waals surface area contributed by atoms with Crippen LogP contribution < -0.4 is 5.32 Å². The predicted molar refractivity (Wildman–Crippen MR) is 134 cm³/mol. The maximum atomic E-state index is 14.6. The van der Waals surface area contributed by atoms with Crippen LogP contribution in [0.5, 0.6) is 0 Å². The molecule has 4 aromatic rings. The Hall–Kier alpha value is -3.33. The number of nitrogens with one attached hydrogen (secondary N) is 1. The zero-order valence-corrected chi connectivity index (χ0v) is 21.7. The number of carbonyl (C=O) groups excluding carboxylic acids is 1. The van der Waals surface area contributed by atoms with Crippen molar-refractivity contribution in [1.29, 1.82) is 0 Å². The summed E-state index contributed by atoms with van der Waals surface area (Å²) in [6.45, 7) is 2.11. The van der Waals surface area contributed by atoms with E-state index in [1.54, 1.807) is 16.3 Å². The summed E-state index contributed by atoms with van der Waals surface area (Å²) in [7, 11) is -4.64. The molecule has 200 valence electrons. The van der Waals surface area contributed by atoms with Crippen molar-refractivity contribution in [2.45, 2.75) is 38.6 Å². The lowest BCUT2D eigenvalue weighted by Crippen LogP contribution is -2.33. The number of rotatable bonds is 10. The summed E-state index contributed by atoms with van der Waals surface area (Å²) < 4.78 is 38.4. The van der Waals surface area contributed by atoms with Crippen molar-refractivity contribution in [3.8, 4) is 22.0 Å². The van der Waals surface area contributed by atoms with Crippen LogP contribution in [0, 0.1) is 5.82 Å². The topological polar surface area (TPSA) is 167 Å². The second kappa shape index (κ2) is 10.8. The van der Waals surface area contributed by atoms with Gasteiger partial charge in [0, 0.05) is 36.1 Å². The molecule has 13 nitrogen and oxygen atoms in total. The third-order valence-corrected chi connectivity index (χ3v) is 7.13. The summed E-state index contributed by atoms with van der Waals surface area (Å²) >= 11 is 1.18. The maximum absolute atomic E-state index is 14.6. The highest BCUT2D eigenvalue weighted by atomic mass is 32.1. The number of phosphoric acid groups is 1. The molecule has 0 unspecified atom stereocenters. The molecule has 0 aromatic carbocycles. The fourth-order valence-corrected chi connectivity index (χ4v) is 4.95. The third kappa shape index (κ3) is 5.88. The molecule has 38 heavy (non-hydrogen) atoms. The van der Waals surface area contributed by atoms with Gasteiger partial charge in [0.1, 0.15) is 22.1 Å². The highest BCUT2D eigenvalue weighted by molar-refractivity contribution is 7.46. The maximum Gasteiger partial charge on any atom is 0.471 e. The van der Waals surface area contributed by atoms with Gasteiger partial charge < -0.3 is 19.8 Å². The van der Waals surface area contributed by atoms with Gasteiger partial charge >= 0.3 is 7.82 Å². The smallest absolute Gasteiger partial charge is 0.378 e. The van der Waals surface area contributed by atoms with Crippen molar-refractivity contribution in [2.75, 3.05) is 11.9 Å². The van der Waals surface area contributed by atoms with Crippen LogP contribution in [0.15, 0.2) is 42.3 Å². The fourth-order valence-electron chi connectivity index (χ4n) is 3.91. The largest absolute Gasteiger partial charge is 0.471 e. The summed E-state index contributed by atoms with van der Waals surface area (Å²) in [5, 5.41) is 13.3. The molecular weight excluding hydrogens is 540 g/mol. The first-order chi connectivity index (χ1) is 18.2. The number of ether oxygens (including phenoxy) is 1. The number of halogens is 1. The van der Waals surface area contributed by atoms with Gasteiger partial charge in [-0.25, -0.2) is 18.6 Å². The molecule has 0 radical (unpaired) electrons. The van der Waals surface area contributed by atoms with Crippen molar-refractivity contribution in [1.82, 2.24) is 29.5 Å². The van der Waals surface area contributed by atoms with Crippen LogP contribution in [-0.4, -0.2) is 57.9 Å². The van der Waals surface area contributed by atoms with Gasteiger partial charge in [0.05, 0.1) is 24.0 Å². The minimum atomic E-state index is -4.64. The van der Waals surface area contributed by atoms with Crippen LogP contribution in [0.1, 0.15) is 36.3 Å². The van der Waals surface area contributed by atoms with Gasteiger partial charge in [-0.1, -0.05) is 0 Å². The van der Waals surface area contributed by atoms with Crippen LogP contribution in [0.3, 0.4) is 0 Å². The molecule has 1 aliphatic carbocycles. The Balaban J connectivity index is 1.34. The van der Waals surface area contributed by atoms with E-state index in [9.17, 15) is 13.8 Å². The molecule has 0 aliphatic heterocycles. The van der Waals surface area contributed by atoms with Crippen molar-refractivity contribution >= 4 is 30.8 Å². The van der Waals surface area contributed by atoms with E-state index in [2.05, 4.69) is 30.0 Å². The number of thiazole rings is 1. The molecule has 16 heteroatoms. The predicted octanol–water partition coefficient (Wildman–Crippen LogP) is 3.46. The Labute approximate surface area is 219 Å². The highest BCUT2D eigenvalue weighted by Crippen LogP contribution is 2.38. The number of carbonyl (C=O) groups is 1. The molecule has 1 saturated carbocycles. The van der Waals surface area contributed by atoms with Crippen molar-refractivity contribution in [2.24, 2.45) is 0 Å². The molecule has 1 aliphatic rings. The molecule has 0 atom stereocenters. The SMILES string of the molecule is CCOC1CC(n2cc(NC(=O)c3csc(-c4cnn(COP(=O)(O)O)c4)n3)c(-c3ncccc3F)n2)C1. The van der Waals surface area contributed by atoms with E-state index in [4.69, 9.17) is 14.5 Å². The van der Waals surface area contributed by atoms with Crippen LogP contribution in [0.2, 0.25) is 0 Å². The molecule has 1 amide bonds. The number of pyridine rings is 1. The minimum absolute atomic E-state index is 0.0196. The molecule has 3 N–H and O–H groups in total. The standard InChI is InChI=1S/C22H23FN7O6PS/c1-2-35-15-6-14(7-15)30-10-17(20(28-30)19-16(23)4-3-5-24-19)26-21(31)18-11-38-22(27-18)13-8-25-29(9-13)12-36-37(32,33)34/h3-5,8-11,14-15H,2,6-7,12H2,1H3,(H,26,31)(H2,32,33,34). The first-order valence-corrected chi connectivity index (χ1v) is 13.9. The van der Waals surface area contributed by atoms with E-state index < -0.39 is 26.3 Å². The van der Waals surface area contributed by atoms with Crippen LogP contribution in [0.4, 0.5) is 10.1 Å². The Morgan fingerprint density at radius 2 is 2.13 bits per heavy atom. The second-order valence-electron chi connectivity index (χ2n) is 8.42. The summed E-state index contributed by atoms with van der Waals surface area (Å²) in [4.78, 5) is 39.2. The van der Waals surface area contributed by atoms with Crippen LogP contribution in [0.25, 0.3) is 22.0 Å². The number of phosphoric ester groups is 1. The first kappa shape index (κ1) is 26.3. The molecule has 0 bridgehead atoms. The average molecular weight is 564 g/mol. The Bertz CT molecular complexity index is 1490. The molecule has 4 aromatic heterocycles. The summed E-state index contributed by atoms with van der Waals surface area (Å²) in [6, 6.07) is 2.81. The summed E-state index contributed by atoms with van der Waals surface area (Å²) in [5.41, 5.74) is 1.17. The zero-order valence-electron chi connectivity index (χ0n) is 20.0. The number of hydrogen-bond donors (Lipinski definition) is 3. The van der Waals surface area contributed by atoms with E-state index >= 15 is 0 Å². The first-order valence-electron chi connectivity index (χ1n) is 11.5. The average Bonchev–Trinajstić information content (AvgIpc) is 3.59. The minimum Gasteiger partial charge on any atom is -0.378 e. The van der Waals surface area contributed by atoms with Crippen molar-refractivity contribution < 1.29 is 32.8 Å². The van der Waals surface area contributed by atoms with Gasteiger partial charge in [-0.3, -0.25) is 19.0 Å². The fraction of sp³-hybridized carbons (Fsp3) is 0.318. The van der Waals surface area contributed by atoms with Crippen LogP contribution >= 0.6 is 19.2 Å². The lowest BCUT2D eigenvalue weighted by Gasteiger charge is -2.34. The zero-order chi connectivity index (χ0) is 26.9. The van der Waals surface area contributed by atoms with E-state index in [0.29, 0.717) is 22.9 Å². The van der Waals surface area contributed by atoms with Gasteiger partial charge in [0.25, 0.3) is 5.91 Å². The normalized spacial score (nSPS) is 17.4. The molecule has 0 spiro atoms. The highest BCUT2D eigenvalue weighted by Gasteiger charge is 2.33. The van der Waals surface area contributed by atoms with E-state index in [-0.39, 0.29) is 29.2 Å². The van der Waals surface area contributed by atoms with Crippen LogP contribution in [-0.2, 0) is 20.6 Å². The third-order valence-electron chi connectivity index (χ3n) is 5.78. The summed E-state index contributed by atoms with van der Waals surface area (Å²) in [5.74, 6) is -1.09. The lowest BCUT2D eigenvalue weighted by molar-refractivity contribution is -0.0226. The van der Waals surface area contributed by atoms with E-state index in [1.165, 1.54) is 46.7 Å². The van der Waals surface area contributed by atoms with Gasteiger partial charge in [-0.2, -0.15) is 10.2 Å². The number of amides is 1. The quantitative estimate of drug-likeness (QED) is 0.243. The van der Waals surface area contributed by atoms with Gasteiger partial charge in [-0.05, 0) is 31.9 Å². The van der Waals surface area contributed by atoms with Gasteiger partial charge in [0.15, 0.2) is 12.5 Å². The Morgan fingerprint density at radius 1 is 1.32 bits per heavy atom. The van der Waals surface area contributed by atoms with Crippen molar-refractivity contribution in [3.05, 3.63) is 53.8 Å². The molecule has 4 heterocycles. The monoisotopic (exact) mass is 563 g/mol. The van der Waals surface area contributed by atoms with E-state index in [0.717, 1.165) is 12.8 Å². The Kier molecular flexibility index (Phi) is 7.47.